The molecule has 5 nitrogen and oxygen atoms in total. The molecular formula is C45H25N3O2. The quantitative estimate of drug-likeness (QED) is 0.179. The Balaban J connectivity index is 1.18. The van der Waals surface area contributed by atoms with E-state index < -0.39 is 0 Å². The molecule has 10 aromatic rings. The van der Waals surface area contributed by atoms with Gasteiger partial charge in [0.05, 0.1) is 0 Å². The third-order valence-corrected chi connectivity index (χ3v) is 9.90. The number of benzene rings is 8. The SMILES string of the molecule is c1ccc(-c2nc(-c3ccccc3-c3ccc4ccc5ccc6cccc7c6c5c4c3O7)nc(-c3cccc4oc5ccccc5c34)n2)cc1. The Morgan fingerprint density at radius 1 is 0.360 bits per heavy atom. The average Bonchev–Trinajstić information content (AvgIpc) is 3.57. The van der Waals surface area contributed by atoms with E-state index in [1.54, 1.807) is 0 Å². The van der Waals surface area contributed by atoms with Crippen molar-refractivity contribution >= 4 is 54.3 Å². The maximum atomic E-state index is 6.86. The molecule has 0 atom stereocenters. The van der Waals surface area contributed by atoms with Gasteiger partial charge in [-0.2, -0.15) is 0 Å². The summed E-state index contributed by atoms with van der Waals surface area (Å²) in [7, 11) is 0. The van der Waals surface area contributed by atoms with Crippen LogP contribution in [0.5, 0.6) is 11.5 Å². The Labute approximate surface area is 286 Å². The number of hydrogen-bond donors (Lipinski definition) is 0. The highest BCUT2D eigenvalue weighted by atomic mass is 16.5. The second-order valence-corrected chi connectivity index (χ2v) is 12.7. The second kappa shape index (κ2) is 10.3. The molecule has 3 heterocycles. The van der Waals surface area contributed by atoms with Crippen molar-refractivity contribution in [3.05, 3.63) is 152 Å². The third kappa shape index (κ3) is 3.92. The fraction of sp³-hybridized carbons (Fsp3) is 0. The van der Waals surface area contributed by atoms with Gasteiger partial charge in [0.25, 0.3) is 0 Å². The highest BCUT2D eigenvalue weighted by Crippen LogP contribution is 2.51. The van der Waals surface area contributed by atoms with Gasteiger partial charge in [0.15, 0.2) is 17.5 Å². The molecule has 0 radical (unpaired) electrons. The molecule has 0 N–H and O–H groups in total. The summed E-state index contributed by atoms with van der Waals surface area (Å²) in [6.07, 6.45) is 0. The maximum absolute atomic E-state index is 6.86. The number of fused-ring (bicyclic) bond motifs is 3. The molecule has 0 spiro atoms. The summed E-state index contributed by atoms with van der Waals surface area (Å²) in [5, 5.41) is 9.03. The predicted molar refractivity (Wildman–Crippen MR) is 201 cm³/mol. The van der Waals surface area contributed by atoms with Crippen molar-refractivity contribution in [1.29, 1.82) is 0 Å². The van der Waals surface area contributed by atoms with Crippen molar-refractivity contribution in [3.63, 3.8) is 0 Å². The Kier molecular flexibility index (Phi) is 5.60. The van der Waals surface area contributed by atoms with E-state index in [9.17, 15) is 0 Å². The van der Waals surface area contributed by atoms with Crippen LogP contribution in [0.4, 0.5) is 0 Å². The molecule has 1 aliphatic heterocycles. The van der Waals surface area contributed by atoms with Crippen LogP contribution in [0.3, 0.4) is 0 Å². The largest absolute Gasteiger partial charge is 0.456 e. The predicted octanol–water partition coefficient (Wildman–Crippen LogP) is 12.0. The monoisotopic (exact) mass is 639 g/mol. The van der Waals surface area contributed by atoms with E-state index in [0.717, 1.165) is 77.4 Å². The highest BCUT2D eigenvalue weighted by Gasteiger charge is 2.25. The van der Waals surface area contributed by atoms with Gasteiger partial charge in [-0.25, -0.2) is 15.0 Å². The van der Waals surface area contributed by atoms with Crippen LogP contribution in [0.15, 0.2) is 156 Å². The summed E-state index contributed by atoms with van der Waals surface area (Å²) < 4.78 is 13.1. The standard InChI is InChI=1S/C45H25N3O2/c1-2-10-29(11-3-1)43-46-44(48-45(47-43)34-16-9-19-37-41(34)33-15-6-7-17-35(33)49-37)32-14-5-4-13-30(32)31-25-24-28-23-22-27-21-20-26-12-8-18-36-38(26)39(27)40(28)42(31)50-36/h1-25H. The molecule has 0 fully saturated rings. The number of furan rings is 1. The molecular weight excluding hydrogens is 615 g/mol. The van der Waals surface area contributed by atoms with Crippen molar-refractivity contribution in [2.24, 2.45) is 0 Å². The summed E-state index contributed by atoms with van der Waals surface area (Å²) in [4.78, 5) is 15.5. The topological polar surface area (TPSA) is 61.0 Å². The summed E-state index contributed by atoms with van der Waals surface area (Å²) in [6.45, 7) is 0. The summed E-state index contributed by atoms with van der Waals surface area (Å²) in [5.41, 5.74) is 6.28. The van der Waals surface area contributed by atoms with E-state index in [1.165, 1.54) is 16.2 Å². The van der Waals surface area contributed by atoms with Crippen LogP contribution >= 0.6 is 0 Å². The lowest BCUT2D eigenvalue weighted by Gasteiger charge is -2.23. The van der Waals surface area contributed by atoms with Gasteiger partial charge in [-0.3, -0.25) is 0 Å². The molecule has 0 saturated carbocycles. The van der Waals surface area contributed by atoms with Gasteiger partial charge < -0.3 is 9.15 Å². The van der Waals surface area contributed by atoms with E-state index >= 15 is 0 Å². The van der Waals surface area contributed by atoms with E-state index in [1.807, 2.05) is 66.7 Å². The minimum absolute atomic E-state index is 0.582. The lowest BCUT2D eigenvalue weighted by molar-refractivity contribution is 0.494. The second-order valence-electron chi connectivity index (χ2n) is 12.7. The van der Waals surface area contributed by atoms with Crippen molar-refractivity contribution in [2.45, 2.75) is 0 Å². The smallest absolute Gasteiger partial charge is 0.164 e. The van der Waals surface area contributed by atoms with E-state index in [0.29, 0.717) is 17.5 Å². The zero-order valence-corrected chi connectivity index (χ0v) is 26.6. The molecule has 232 valence electrons. The van der Waals surface area contributed by atoms with E-state index in [4.69, 9.17) is 24.1 Å². The molecule has 11 rings (SSSR count). The number of ether oxygens (including phenoxy) is 1. The normalized spacial score (nSPS) is 12.2. The first-order chi connectivity index (χ1) is 24.8. The number of aromatic nitrogens is 3. The zero-order valence-electron chi connectivity index (χ0n) is 26.6. The molecule has 0 saturated heterocycles. The molecule has 50 heavy (non-hydrogen) atoms. The molecule has 2 aromatic heterocycles. The summed E-state index contributed by atoms with van der Waals surface area (Å²) in [5.74, 6) is 3.48. The number of para-hydroxylation sites is 1. The molecule has 5 heteroatoms. The first-order valence-corrected chi connectivity index (χ1v) is 16.7. The van der Waals surface area contributed by atoms with E-state index in [-0.39, 0.29) is 0 Å². The maximum Gasteiger partial charge on any atom is 0.164 e. The fourth-order valence-electron chi connectivity index (χ4n) is 7.66. The Bertz CT molecular complexity index is 3010. The van der Waals surface area contributed by atoms with Crippen LogP contribution in [-0.4, -0.2) is 15.0 Å². The third-order valence-electron chi connectivity index (χ3n) is 9.90. The first-order valence-electron chi connectivity index (χ1n) is 16.7. The number of rotatable bonds is 4. The van der Waals surface area contributed by atoms with Crippen molar-refractivity contribution in [3.8, 4) is 56.8 Å². The molecule has 1 aliphatic rings. The highest BCUT2D eigenvalue weighted by molar-refractivity contribution is 6.26. The van der Waals surface area contributed by atoms with Gasteiger partial charge >= 0.3 is 0 Å². The van der Waals surface area contributed by atoms with Crippen LogP contribution < -0.4 is 4.74 Å². The van der Waals surface area contributed by atoms with Crippen LogP contribution in [0, 0.1) is 0 Å². The molecule has 8 aromatic carbocycles. The van der Waals surface area contributed by atoms with Gasteiger partial charge in [0.1, 0.15) is 22.7 Å². The van der Waals surface area contributed by atoms with Crippen LogP contribution in [0.1, 0.15) is 0 Å². The fourth-order valence-corrected chi connectivity index (χ4v) is 7.66. The van der Waals surface area contributed by atoms with Gasteiger partial charge in [-0.15, -0.1) is 0 Å². The lowest BCUT2D eigenvalue weighted by Crippen LogP contribution is -2.02. The average molecular weight is 640 g/mol. The van der Waals surface area contributed by atoms with Crippen LogP contribution in [-0.2, 0) is 0 Å². The number of nitrogens with zero attached hydrogens (tertiary/aromatic N) is 3. The van der Waals surface area contributed by atoms with Crippen molar-refractivity contribution < 1.29 is 9.15 Å². The minimum atomic E-state index is 0.582. The van der Waals surface area contributed by atoms with Crippen LogP contribution in [0.25, 0.3) is 99.5 Å². The summed E-state index contributed by atoms with van der Waals surface area (Å²) >= 11 is 0. The van der Waals surface area contributed by atoms with Gasteiger partial charge in [-0.05, 0) is 46.0 Å². The number of hydrogen-bond acceptors (Lipinski definition) is 5. The Morgan fingerprint density at radius 2 is 0.980 bits per heavy atom. The van der Waals surface area contributed by atoms with Crippen molar-refractivity contribution in [2.75, 3.05) is 0 Å². The zero-order chi connectivity index (χ0) is 32.8. The minimum Gasteiger partial charge on any atom is -0.456 e. The van der Waals surface area contributed by atoms with E-state index in [2.05, 4.69) is 84.9 Å². The van der Waals surface area contributed by atoms with Crippen LogP contribution in [0.2, 0.25) is 0 Å². The Morgan fingerprint density at radius 3 is 1.84 bits per heavy atom. The lowest BCUT2D eigenvalue weighted by atomic mass is 9.89. The van der Waals surface area contributed by atoms with Gasteiger partial charge in [-0.1, -0.05) is 127 Å². The molecule has 0 bridgehead atoms. The van der Waals surface area contributed by atoms with Crippen molar-refractivity contribution in [1.82, 2.24) is 15.0 Å². The first kappa shape index (κ1) is 27.1. The molecule has 0 aliphatic carbocycles. The van der Waals surface area contributed by atoms with Gasteiger partial charge in [0.2, 0.25) is 0 Å². The Hall–Kier alpha value is -6.85. The molecule has 0 unspecified atom stereocenters. The summed E-state index contributed by atoms with van der Waals surface area (Å²) in [6, 6.07) is 52.0. The van der Waals surface area contributed by atoms with Gasteiger partial charge in [0, 0.05) is 49.2 Å². The molecule has 0 amide bonds.